The van der Waals surface area contributed by atoms with Crippen LogP contribution < -0.4 is 16.0 Å². The topological polar surface area (TPSA) is 96.3 Å². The van der Waals surface area contributed by atoms with Gasteiger partial charge in [0.15, 0.2) is 16.0 Å². The fourth-order valence-electron chi connectivity index (χ4n) is 2.66. The number of nitrogens with zero attached hydrogens (tertiary/aromatic N) is 1. The Labute approximate surface area is 181 Å². The number of aromatic nitrogens is 1. The van der Waals surface area contributed by atoms with Crippen LogP contribution in [0.5, 0.6) is 0 Å². The first-order chi connectivity index (χ1) is 14.5. The normalized spacial score (nSPS) is 10.6. The molecule has 2 heterocycles. The van der Waals surface area contributed by atoms with E-state index in [9.17, 15) is 9.59 Å². The Morgan fingerprint density at radius 1 is 1.03 bits per heavy atom. The van der Waals surface area contributed by atoms with Crippen LogP contribution >= 0.6 is 23.6 Å². The van der Waals surface area contributed by atoms with Crippen LogP contribution in [0.15, 0.2) is 65.3 Å². The average Bonchev–Trinajstić information content (AvgIpc) is 3.37. The molecule has 4 aromatic rings. The van der Waals surface area contributed by atoms with Crippen LogP contribution in [0.25, 0.3) is 10.2 Å². The Bertz CT molecular complexity index is 1230. The van der Waals surface area contributed by atoms with Gasteiger partial charge in [-0.3, -0.25) is 20.2 Å². The van der Waals surface area contributed by atoms with Crippen molar-refractivity contribution >= 4 is 61.5 Å². The molecule has 3 N–H and O–H groups in total. The summed E-state index contributed by atoms with van der Waals surface area (Å²) in [7, 11) is 0. The van der Waals surface area contributed by atoms with Crippen LogP contribution in [0, 0.1) is 6.92 Å². The van der Waals surface area contributed by atoms with E-state index in [0.29, 0.717) is 16.4 Å². The lowest BCUT2D eigenvalue weighted by atomic mass is 10.1. The summed E-state index contributed by atoms with van der Waals surface area (Å²) in [6.07, 6.45) is 1.44. The van der Waals surface area contributed by atoms with Crippen molar-refractivity contribution in [1.82, 2.24) is 10.3 Å². The molecule has 4 rings (SSSR count). The van der Waals surface area contributed by atoms with E-state index in [0.717, 1.165) is 15.8 Å². The molecule has 2 aromatic heterocycles. The smallest absolute Gasteiger partial charge is 0.293 e. The number of carbonyl (C=O) groups is 2. The minimum atomic E-state index is -0.364. The molecule has 0 atom stereocenters. The van der Waals surface area contributed by atoms with Crippen molar-refractivity contribution in [3.05, 3.63) is 77.7 Å². The number of benzene rings is 2. The summed E-state index contributed by atoms with van der Waals surface area (Å²) in [5.74, 6) is -0.432. The number of fused-ring (bicyclic) bond motifs is 1. The Morgan fingerprint density at radius 3 is 2.57 bits per heavy atom. The van der Waals surface area contributed by atoms with E-state index in [1.165, 1.54) is 17.6 Å². The van der Waals surface area contributed by atoms with E-state index in [4.69, 9.17) is 16.6 Å². The molecule has 0 aliphatic carbocycles. The van der Waals surface area contributed by atoms with Gasteiger partial charge in [0.05, 0.1) is 16.5 Å². The van der Waals surface area contributed by atoms with Crippen LogP contribution in [-0.4, -0.2) is 21.9 Å². The molecule has 0 unspecified atom stereocenters. The van der Waals surface area contributed by atoms with Gasteiger partial charge < -0.3 is 9.73 Å². The first kappa shape index (κ1) is 19.7. The van der Waals surface area contributed by atoms with Gasteiger partial charge in [-0.1, -0.05) is 29.0 Å². The predicted molar refractivity (Wildman–Crippen MR) is 121 cm³/mol. The molecule has 0 bridgehead atoms. The number of amides is 2. The molecule has 0 aliphatic rings. The summed E-state index contributed by atoms with van der Waals surface area (Å²) < 4.78 is 5.93. The molecule has 7 nitrogen and oxygen atoms in total. The van der Waals surface area contributed by atoms with Crippen LogP contribution in [0.4, 0.5) is 10.8 Å². The molecule has 150 valence electrons. The predicted octanol–water partition coefficient (Wildman–Crippen LogP) is 4.58. The van der Waals surface area contributed by atoms with Crippen molar-refractivity contribution in [2.45, 2.75) is 6.92 Å². The number of anilines is 2. The minimum absolute atomic E-state index is 0.191. The largest absolute Gasteiger partial charge is 0.459 e. The summed E-state index contributed by atoms with van der Waals surface area (Å²) in [6, 6.07) is 15.9. The summed E-state index contributed by atoms with van der Waals surface area (Å²) in [6.45, 7) is 1.96. The Kier molecular flexibility index (Phi) is 5.55. The van der Waals surface area contributed by atoms with Crippen molar-refractivity contribution in [3.63, 3.8) is 0 Å². The number of rotatable bonds is 4. The zero-order valence-electron chi connectivity index (χ0n) is 15.8. The first-order valence-corrected chi connectivity index (χ1v) is 10.1. The highest BCUT2D eigenvalue weighted by atomic mass is 32.1. The Morgan fingerprint density at radius 2 is 1.83 bits per heavy atom. The molecule has 2 aromatic carbocycles. The second kappa shape index (κ2) is 8.44. The monoisotopic (exact) mass is 436 g/mol. The molecule has 0 radical (unpaired) electrons. The number of hydrogen-bond acceptors (Lipinski definition) is 6. The molecule has 0 spiro atoms. The van der Waals surface area contributed by atoms with Crippen LogP contribution in [0.3, 0.4) is 0 Å². The SMILES string of the molecule is Cc1ccc(C(=O)NC(=S)Nc2ccc3nc(NC(=O)c4ccco4)sc3c2)cc1. The van der Waals surface area contributed by atoms with Gasteiger partial charge in [0.2, 0.25) is 0 Å². The van der Waals surface area contributed by atoms with E-state index in [2.05, 4.69) is 20.9 Å². The van der Waals surface area contributed by atoms with Crippen LogP contribution in [-0.2, 0) is 0 Å². The molecule has 9 heteroatoms. The second-order valence-corrected chi connectivity index (χ2v) is 7.85. The van der Waals surface area contributed by atoms with Gasteiger partial charge in [0.25, 0.3) is 11.8 Å². The highest BCUT2D eigenvalue weighted by molar-refractivity contribution is 7.80. The summed E-state index contributed by atoms with van der Waals surface area (Å²) in [5.41, 5.74) is 3.03. The number of hydrogen-bond donors (Lipinski definition) is 3. The second-order valence-electron chi connectivity index (χ2n) is 6.41. The lowest BCUT2D eigenvalue weighted by Crippen LogP contribution is -2.34. The van der Waals surface area contributed by atoms with E-state index in [-0.39, 0.29) is 22.7 Å². The summed E-state index contributed by atoms with van der Waals surface area (Å²) >= 11 is 6.57. The third-order valence-electron chi connectivity index (χ3n) is 4.15. The maximum absolute atomic E-state index is 12.3. The third kappa shape index (κ3) is 4.53. The first-order valence-electron chi connectivity index (χ1n) is 8.92. The van der Waals surface area contributed by atoms with Crippen molar-refractivity contribution in [1.29, 1.82) is 0 Å². The minimum Gasteiger partial charge on any atom is -0.459 e. The van der Waals surface area contributed by atoms with Crippen molar-refractivity contribution in [2.75, 3.05) is 10.6 Å². The fraction of sp³-hybridized carbons (Fsp3) is 0.0476. The van der Waals surface area contributed by atoms with Crippen molar-refractivity contribution in [2.24, 2.45) is 0 Å². The molecule has 0 aliphatic heterocycles. The number of nitrogens with one attached hydrogen (secondary N) is 3. The van der Waals surface area contributed by atoms with Gasteiger partial charge in [0.1, 0.15) is 0 Å². The van der Waals surface area contributed by atoms with Crippen LogP contribution in [0.2, 0.25) is 0 Å². The average molecular weight is 437 g/mol. The fourth-order valence-corrected chi connectivity index (χ4v) is 3.78. The molecule has 2 amide bonds. The van der Waals surface area contributed by atoms with E-state index < -0.39 is 0 Å². The molecule has 0 saturated heterocycles. The van der Waals surface area contributed by atoms with Gasteiger partial charge in [-0.25, -0.2) is 4.98 Å². The summed E-state index contributed by atoms with van der Waals surface area (Å²) in [5, 5.41) is 9.02. The van der Waals surface area contributed by atoms with E-state index in [1.54, 1.807) is 36.4 Å². The molecule has 0 saturated carbocycles. The number of furan rings is 1. The molecular weight excluding hydrogens is 420 g/mol. The van der Waals surface area contributed by atoms with Crippen molar-refractivity contribution in [3.8, 4) is 0 Å². The number of carbonyl (C=O) groups excluding carboxylic acids is 2. The zero-order valence-corrected chi connectivity index (χ0v) is 17.4. The molecule has 30 heavy (non-hydrogen) atoms. The van der Waals surface area contributed by atoms with Gasteiger partial charge in [-0.05, 0) is 61.6 Å². The number of thiocarbonyl (C=S) groups is 1. The maximum Gasteiger partial charge on any atom is 0.293 e. The number of thiazole rings is 1. The highest BCUT2D eigenvalue weighted by Gasteiger charge is 2.13. The zero-order chi connectivity index (χ0) is 21.1. The maximum atomic E-state index is 12.3. The standard InChI is InChI=1S/C21H16N4O3S2/c1-12-4-6-13(7-5-12)18(26)24-20(29)22-14-8-9-15-17(11-14)30-21(23-15)25-19(27)16-3-2-10-28-16/h2-11H,1H3,(H,23,25,27)(H2,22,24,26,29). The van der Waals surface area contributed by atoms with E-state index >= 15 is 0 Å². The van der Waals surface area contributed by atoms with Gasteiger partial charge in [-0.2, -0.15) is 0 Å². The lowest BCUT2D eigenvalue weighted by molar-refractivity contribution is 0.0975. The van der Waals surface area contributed by atoms with E-state index in [1.807, 2.05) is 25.1 Å². The van der Waals surface area contributed by atoms with Gasteiger partial charge in [-0.15, -0.1) is 0 Å². The molecule has 0 fully saturated rings. The quantitative estimate of drug-likeness (QED) is 0.405. The van der Waals surface area contributed by atoms with Gasteiger partial charge in [0, 0.05) is 11.3 Å². The number of aryl methyl sites for hydroxylation is 1. The lowest BCUT2D eigenvalue weighted by Gasteiger charge is -2.09. The third-order valence-corrected chi connectivity index (χ3v) is 5.29. The van der Waals surface area contributed by atoms with Crippen LogP contribution in [0.1, 0.15) is 26.5 Å². The Hall–Kier alpha value is -3.56. The highest BCUT2D eigenvalue weighted by Crippen LogP contribution is 2.28. The molecular formula is C21H16N4O3S2. The Balaban J connectivity index is 1.41. The van der Waals surface area contributed by atoms with Crippen molar-refractivity contribution < 1.29 is 14.0 Å². The van der Waals surface area contributed by atoms with Gasteiger partial charge >= 0.3 is 0 Å². The summed E-state index contributed by atoms with van der Waals surface area (Å²) in [4.78, 5) is 28.8.